The van der Waals surface area contributed by atoms with Crippen molar-refractivity contribution in [2.45, 2.75) is 27.3 Å². The predicted molar refractivity (Wildman–Crippen MR) is 123 cm³/mol. The SMILES string of the molecule is Cc1cccc(C(=O)Nc2ccc(CN(c3ccc(C)c(C)c3)S(C)(=O)=O)cc2)c1. The molecule has 0 aliphatic rings. The summed E-state index contributed by atoms with van der Waals surface area (Å²) in [6.45, 7) is 6.11. The van der Waals surface area contributed by atoms with Gasteiger partial charge in [0.05, 0.1) is 18.5 Å². The number of nitrogens with zero attached hydrogens (tertiary/aromatic N) is 1. The molecule has 0 fully saturated rings. The van der Waals surface area contributed by atoms with E-state index in [-0.39, 0.29) is 12.5 Å². The van der Waals surface area contributed by atoms with E-state index in [9.17, 15) is 13.2 Å². The molecule has 3 rings (SSSR count). The van der Waals surface area contributed by atoms with Gasteiger partial charge in [-0.25, -0.2) is 8.42 Å². The number of carbonyl (C=O) groups is 1. The second kappa shape index (κ2) is 8.71. The van der Waals surface area contributed by atoms with Crippen LogP contribution in [0.25, 0.3) is 0 Å². The summed E-state index contributed by atoms with van der Waals surface area (Å²) >= 11 is 0. The van der Waals surface area contributed by atoms with E-state index in [1.165, 1.54) is 10.6 Å². The monoisotopic (exact) mass is 422 g/mol. The number of amides is 1. The van der Waals surface area contributed by atoms with Gasteiger partial charge in [0.1, 0.15) is 0 Å². The average Bonchev–Trinajstić information content (AvgIpc) is 2.68. The van der Waals surface area contributed by atoms with Crippen molar-refractivity contribution in [3.8, 4) is 0 Å². The van der Waals surface area contributed by atoms with Crippen LogP contribution in [0.5, 0.6) is 0 Å². The molecule has 30 heavy (non-hydrogen) atoms. The summed E-state index contributed by atoms with van der Waals surface area (Å²) in [6, 6.07) is 20.2. The standard InChI is InChI=1S/C24H26N2O3S/c1-17-6-5-7-21(14-17)24(27)25-22-11-9-20(10-12-22)16-26(30(4,28)29)23-13-8-18(2)19(3)15-23/h5-15H,16H2,1-4H3,(H,25,27). The number of nitrogens with one attached hydrogen (secondary N) is 1. The fourth-order valence-corrected chi connectivity index (χ4v) is 4.01. The Labute approximate surface area is 178 Å². The summed E-state index contributed by atoms with van der Waals surface area (Å²) in [4.78, 5) is 12.4. The first-order chi connectivity index (χ1) is 14.1. The number of benzene rings is 3. The molecule has 1 N–H and O–H groups in total. The predicted octanol–water partition coefficient (Wildman–Crippen LogP) is 4.83. The highest BCUT2D eigenvalue weighted by atomic mass is 32.2. The average molecular weight is 423 g/mol. The number of hydrogen-bond acceptors (Lipinski definition) is 3. The van der Waals surface area contributed by atoms with Crippen LogP contribution in [0, 0.1) is 20.8 Å². The van der Waals surface area contributed by atoms with Gasteiger partial charge in [-0.2, -0.15) is 0 Å². The number of sulfonamides is 1. The Morgan fingerprint density at radius 3 is 2.20 bits per heavy atom. The van der Waals surface area contributed by atoms with Gasteiger partial charge in [0.15, 0.2) is 0 Å². The third-order valence-corrected chi connectivity index (χ3v) is 6.14. The number of carbonyl (C=O) groups excluding carboxylic acids is 1. The first-order valence-corrected chi connectivity index (χ1v) is 11.5. The molecular weight excluding hydrogens is 396 g/mol. The molecule has 6 heteroatoms. The van der Waals surface area contributed by atoms with Crippen molar-refractivity contribution in [2.75, 3.05) is 15.9 Å². The van der Waals surface area contributed by atoms with Gasteiger partial charge in [0, 0.05) is 11.3 Å². The summed E-state index contributed by atoms with van der Waals surface area (Å²) in [6.07, 6.45) is 1.21. The van der Waals surface area contributed by atoms with E-state index < -0.39 is 10.0 Å². The lowest BCUT2D eigenvalue weighted by atomic mass is 10.1. The summed E-state index contributed by atoms with van der Waals surface area (Å²) in [5, 5.41) is 2.87. The highest BCUT2D eigenvalue weighted by Crippen LogP contribution is 2.24. The molecule has 0 saturated carbocycles. The van der Waals surface area contributed by atoms with Crippen LogP contribution in [-0.2, 0) is 16.6 Å². The van der Waals surface area contributed by atoms with Crippen molar-refractivity contribution < 1.29 is 13.2 Å². The molecular formula is C24H26N2O3S. The summed E-state index contributed by atoms with van der Waals surface area (Å²) < 4.78 is 26.2. The molecule has 5 nitrogen and oxygen atoms in total. The number of rotatable bonds is 6. The zero-order chi connectivity index (χ0) is 21.9. The first-order valence-electron chi connectivity index (χ1n) is 9.65. The lowest BCUT2D eigenvalue weighted by Gasteiger charge is -2.23. The maximum Gasteiger partial charge on any atom is 0.255 e. The molecule has 156 valence electrons. The van der Waals surface area contributed by atoms with Crippen molar-refractivity contribution in [1.29, 1.82) is 0 Å². The second-order valence-electron chi connectivity index (χ2n) is 7.56. The van der Waals surface area contributed by atoms with Gasteiger partial charge in [0.2, 0.25) is 10.0 Å². The molecule has 0 bridgehead atoms. The fraction of sp³-hybridized carbons (Fsp3) is 0.208. The summed E-state index contributed by atoms with van der Waals surface area (Å²) in [5.41, 5.74) is 5.88. The minimum atomic E-state index is -3.45. The van der Waals surface area contributed by atoms with E-state index in [2.05, 4.69) is 5.32 Å². The molecule has 0 spiro atoms. The third kappa shape index (κ3) is 5.27. The van der Waals surface area contributed by atoms with E-state index in [1.807, 2.05) is 69.3 Å². The lowest BCUT2D eigenvalue weighted by molar-refractivity contribution is 0.102. The highest BCUT2D eigenvalue weighted by molar-refractivity contribution is 7.92. The minimum Gasteiger partial charge on any atom is -0.322 e. The van der Waals surface area contributed by atoms with Gasteiger partial charge in [-0.05, 0) is 73.9 Å². The van der Waals surface area contributed by atoms with Crippen LogP contribution in [0.15, 0.2) is 66.7 Å². The molecule has 3 aromatic rings. The molecule has 3 aromatic carbocycles. The Morgan fingerprint density at radius 1 is 0.900 bits per heavy atom. The Hall–Kier alpha value is -3.12. The molecule has 0 aliphatic heterocycles. The normalized spacial score (nSPS) is 11.2. The topological polar surface area (TPSA) is 66.5 Å². The van der Waals surface area contributed by atoms with E-state index >= 15 is 0 Å². The zero-order valence-corrected chi connectivity index (χ0v) is 18.5. The fourth-order valence-electron chi connectivity index (χ4n) is 3.13. The zero-order valence-electron chi connectivity index (χ0n) is 17.6. The maximum atomic E-state index is 12.4. The smallest absolute Gasteiger partial charge is 0.255 e. The molecule has 1 amide bonds. The molecule has 0 radical (unpaired) electrons. The number of hydrogen-bond donors (Lipinski definition) is 1. The van der Waals surface area contributed by atoms with Crippen LogP contribution in [0.1, 0.15) is 32.6 Å². The quantitative estimate of drug-likeness (QED) is 0.619. The molecule has 0 atom stereocenters. The Balaban J connectivity index is 1.77. The lowest BCUT2D eigenvalue weighted by Crippen LogP contribution is -2.29. The van der Waals surface area contributed by atoms with Crippen LogP contribution in [0.3, 0.4) is 0 Å². The Morgan fingerprint density at radius 2 is 1.60 bits per heavy atom. The maximum absolute atomic E-state index is 12.4. The molecule has 0 aromatic heterocycles. The summed E-state index contributed by atoms with van der Waals surface area (Å²) in [5.74, 6) is -0.181. The van der Waals surface area contributed by atoms with Gasteiger partial charge >= 0.3 is 0 Å². The van der Waals surface area contributed by atoms with Crippen LogP contribution in [0.4, 0.5) is 11.4 Å². The van der Waals surface area contributed by atoms with E-state index in [1.54, 1.807) is 18.2 Å². The molecule has 0 saturated heterocycles. The van der Waals surface area contributed by atoms with E-state index in [0.717, 1.165) is 22.3 Å². The third-order valence-electron chi connectivity index (χ3n) is 5.00. The first kappa shape index (κ1) is 21.6. The van der Waals surface area contributed by atoms with Crippen molar-refractivity contribution in [2.24, 2.45) is 0 Å². The number of anilines is 2. The van der Waals surface area contributed by atoms with Crippen molar-refractivity contribution in [1.82, 2.24) is 0 Å². The Bertz CT molecular complexity index is 1170. The highest BCUT2D eigenvalue weighted by Gasteiger charge is 2.18. The molecule has 0 unspecified atom stereocenters. The van der Waals surface area contributed by atoms with Gasteiger partial charge in [-0.1, -0.05) is 35.9 Å². The van der Waals surface area contributed by atoms with Crippen LogP contribution < -0.4 is 9.62 Å². The minimum absolute atomic E-state index is 0.181. The van der Waals surface area contributed by atoms with Crippen molar-refractivity contribution in [3.63, 3.8) is 0 Å². The van der Waals surface area contributed by atoms with Crippen LogP contribution >= 0.6 is 0 Å². The van der Waals surface area contributed by atoms with Gasteiger partial charge in [0.25, 0.3) is 5.91 Å². The summed E-state index contributed by atoms with van der Waals surface area (Å²) in [7, 11) is -3.45. The second-order valence-corrected chi connectivity index (χ2v) is 9.47. The van der Waals surface area contributed by atoms with Gasteiger partial charge in [-0.3, -0.25) is 9.10 Å². The Kier molecular flexibility index (Phi) is 6.27. The van der Waals surface area contributed by atoms with E-state index in [0.29, 0.717) is 16.9 Å². The van der Waals surface area contributed by atoms with Crippen molar-refractivity contribution in [3.05, 3.63) is 94.5 Å². The van der Waals surface area contributed by atoms with Gasteiger partial charge in [-0.15, -0.1) is 0 Å². The van der Waals surface area contributed by atoms with Gasteiger partial charge < -0.3 is 5.32 Å². The van der Waals surface area contributed by atoms with Crippen molar-refractivity contribution >= 4 is 27.3 Å². The number of aryl methyl sites for hydroxylation is 3. The molecule has 0 aliphatic carbocycles. The molecule has 0 heterocycles. The van der Waals surface area contributed by atoms with E-state index in [4.69, 9.17) is 0 Å². The van der Waals surface area contributed by atoms with Crippen LogP contribution in [0.2, 0.25) is 0 Å². The largest absolute Gasteiger partial charge is 0.322 e. The van der Waals surface area contributed by atoms with Crippen LogP contribution in [-0.4, -0.2) is 20.6 Å².